The van der Waals surface area contributed by atoms with Crippen molar-refractivity contribution in [3.63, 3.8) is 0 Å². The zero-order chi connectivity index (χ0) is 14.3. The molecule has 0 aliphatic rings. The van der Waals surface area contributed by atoms with Crippen molar-refractivity contribution in [1.29, 1.82) is 0 Å². The average Bonchev–Trinajstić information content (AvgIpc) is 2.35. The molecule has 0 spiro atoms. The molecule has 1 N–H and O–H groups in total. The van der Waals surface area contributed by atoms with Crippen LogP contribution in [-0.2, 0) is 9.59 Å². The molecule has 0 saturated heterocycles. The summed E-state index contributed by atoms with van der Waals surface area (Å²) in [5.74, 6) is -1.60. The summed E-state index contributed by atoms with van der Waals surface area (Å²) in [5, 5.41) is 9.34. The molecule has 0 radical (unpaired) electrons. The van der Waals surface area contributed by atoms with E-state index in [-0.39, 0.29) is 0 Å². The van der Waals surface area contributed by atoms with Crippen LogP contribution < -0.4 is 4.74 Å². The zero-order valence-corrected chi connectivity index (χ0v) is 11.4. The van der Waals surface area contributed by atoms with Gasteiger partial charge in [0.05, 0.1) is 5.92 Å². The number of rotatable bonds is 7. The standard InChI is InChI=1S/C15H20O4/c1-3-4-5-9-13(15(17)18)12-8-6-7-10-14(12)19-11(2)16/h6-8,10,13H,3-5,9H2,1-2H3,(H,17,18). The normalized spacial score (nSPS) is 11.9. The summed E-state index contributed by atoms with van der Waals surface area (Å²) in [5.41, 5.74) is 0.571. The highest BCUT2D eigenvalue weighted by Gasteiger charge is 2.23. The molecule has 4 nitrogen and oxygen atoms in total. The molecule has 1 rings (SSSR count). The Bertz CT molecular complexity index is 440. The van der Waals surface area contributed by atoms with Crippen LogP contribution >= 0.6 is 0 Å². The minimum atomic E-state index is -0.879. The zero-order valence-electron chi connectivity index (χ0n) is 11.4. The number of ether oxygens (including phenoxy) is 1. The molecule has 0 bridgehead atoms. The maximum Gasteiger partial charge on any atom is 0.311 e. The molecular formula is C15H20O4. The largest absolute Gasteiger partial charge is 0.481 e. The number of esters is 1. The van der Waals surface area contributed by atoms with Crippen LogP contribution in [0.25, 0.3) is 0 Å². The molecule has 0 heterocycles. The highest BCUT2D eigenvalue weighted by Crippen LogP contribution is 2.30. The fraction of sp³-hybridized carbons (Fsp3) is 0.467. The maximum atomic E-state index is 11.4. The van der Waals surface area contributed by atoms with Gasteiger partial charge in [-0.2, -0.15) is 0 Å². The van der Waals surface area contributed by atoms with Crippen molar-refractivity contribution in [2.45, 2.75) is 45.4 Å². The summed E-state index contributed by atoms with van der Waals surface area (Å²) in [4.78, 5) is 22.4. The quantitative estimate of drug-likeness (QED) is 0.466. The van der Waals surface area contributed by atoms with Gasteiger partial charge in [-0.05, 0) is 12.5 Å². The van der Waals surface area contributed by atoms with Crippen LogP contribution in [0.4, 0.5) is 0 Å². The fourth-order valence-electron chi connectivity index (χ4n) is 2.03. The van der Waals surface area contributed by atoms with Crippen molar-refractivity contribution in [2.75, 3.05) is 0 Å². The number of para-hydroxylation sites is 1. The third-order valence-electron chi connectivity index (χ3n) is 2.94. The number of benzene rings is 1. The molecule has 0 aliphatic carbocycles. The Morgan fingerprint density at radius 3 is 2.53 bits per heavy atom. The Labute approximate surface area is 113 Å². The van der Waals surface area contributed by atoms with Gasteiger partial charge in [0.25, 0.3) is 0 Å². The van der Waals surface area contributed by atoms with Gasteiger partial charge in [-0.15, -0.1) is 0 Å². The Morgan fingerprint density at radius 2 is 1.95 bits per heavy atom. The van der Waals surface area contributed by atoms with Crippen LogP contribution in [0.5, 0.6) is 5.75 Å². The lowest BCUT2D eigenvalue weighted by Crippen LogP contribution is -2.14. The van der Waals surface area contributed by atoms with E-state index in [1.807, 2.05) is 0 Å². The first-order chi connectivity index (χ1) is 9.06. The Balaban J connectivity index is 2.94. The second-order valence-electron chi connectivity index (χ2n) is 4.52. The average molecular weight is 264 g/mol. The van der Waals surface area contributed by atoms with Crippen molar-refractivity contribution < 1.29 is 19.4 Å². The van der Waals surface area contributed by atoms with Crippen molar-refractivity contribution >= 4 is 11.9 Å². The van der Waals surface area contributed by atoms with Gasteiger partial charge in [0.2, 0.25) is 0 Å². The molecule has 0 amide bonds. The van der Waals surface area contributed by atoms with Crippen LogP contribution in [0, 0.1) is 0 Å². The van der Waals surface area contributed by atoms with E-state index in [4.69, 9.17) is 4.74 Å². The molecule has 19 heavy (non-hydrogen) atoms. The number of aliphatic carboxylic acids is 1. The molecule has 1 aromatic carbocycles. The first-order valence-electron chi connectivity index (χ1n) is 6.56. The first-order valence-corrected chi connectivity index (χ1v) is 6.56. The summed E-state index contributed by atoms with van der Waals surface area (Å²) >= 11 is 0. The van der Waals surface area contributed by atoms with Crippen LogP contribution in [-0.4, -0.2) is 17.0 Å². The minimum absolute atomic E-state index is 0.346. The van der Waals surface area contributed by atoms with Crippen LogP contribution in [0.2, 0.25) is 0 Å². The summed E-state index contributed by atoms with van der Waals surface area (Å²) in [6.45, 7) is 3.38. The maximum absolute atomic E-state index is 11.4. The topological polar surface area (TPSA) is 63.6 Å². The summed E-state index contributed by atoms with van der Waals surface area (Å²) < 4.78 is 5.08. The van der Waals surface area contributed by atoms with E-state index in [1.165, 1.54) is 6.92 Å². The van der Waals surface area contributed by atoms with E-state index in [2.05, 4.69) is 6.92 Å². The minimum Gasteiger partial charge on any atom is -0.481 e. The Hall–Kier alpha value is -1.84. The Kier molecular flexibility index (Phi) is 6.06. The summed E-state index contributed by atoms with van der Waals surface area (Å²) in [7, 11) is 0. The van der Waals surface area contributed by atoms with Gasteiger partial charge in [-0.25, -0.2) is 0 Å². The van der Waals surface area contributed by atoms with Gasteiger partial charge in [-0.3, -0.25) is 9.59 Å². The van der Waals surface area contributed by atoms with E-state index < -0.39 is 17.9 Å². The van der Waals surface area contributed by atoms with Crippen molar-refractivity contribution in [3.8, 4) is 5.75 Å². The monoisotopic (exact) mass is 264 g/mol. The predicted molar refractivity (Wildman–Crippen MR) is 72.3 cm³/mol. The van der Waals surface area contributed by atoms with E-state index in [1.54, 1.807) is 24.3 Å². The van der Waals surface area contributed by atoms with Gasteiger partial charge in [0.1, 0.15) is 5.75 Å². The van der Waals surface area contributed by atoms with Gasteiger partial charge in [0.15, 0.2) is 0 Å². The third kappa shape index (κ3) is 4.73. The van der Waals surface area contributed by atoms with E-state index in [0.717, 1.165) is 19.3 Å². The number of carbonyl (C=O) groups is 2. The van der Waals surface area contributed by atoms with Crippen LogP contribution in [0.1, 0.15) is 51.0 Å². The summed E-state index contributed by atoms with van der Waals surface area (Å²) in [6, 6.07) is 6.83. The van der Waals surface area contributed by atoms with Gasteiger partial charge >= 0.3 is 11.9 Å². The molecule has 0 fully saturated rings. The molecule has 0 aromatic heterocycles. The predicted octanol–water partition coefficient (Wildman–Crippen LogP) is 3.36. The number of unbranched alkanes of at least 4 members (excludes halogenated alkanes) is 2. The fourth-order valence-corrected chi connectivity index (χ4v) is 2.03. The number of carboxylic acid groups (broad SMARTS) is 1. The second-order valence-corrected chi connectivity index (χ2v) is 4.52. The van der Waals surface area contributed by atoms with Gasteiger partial charge < -0.3 is 9.84 Å². The van der Waals surface area contributed by atoms with Crippen molar-refractivity contribution in [1.82, 2.24) is 0 Å². The molecular weight excluding hydrogens is 244 g/mol. The number of carbonyl (C=O) groups excluding carboxylic acids is 1. The highest BCUT2D eigenvalue weighted by atomic mass is 16.5. The van der Waals surface area contributed by atoms with E-state index >= 15 is 0 Å². The van der Waals surface area contributed by atoms with E-state index in [9.17, 15) is 14.7 Å². The lowest BCUT2D eigenvalue weighted by atomic mass is 9.92. The van der Waals surface area contributed by atoms with Gasteiger partial charge in [0, 0.05) is 12.5 Å². The van der Waals surface area contributed by atoms with Crippen molar-refractivity contribution in [3.05, 3.63) is 29.8 Å². The SMILES string of the molecule is CCCCCC(C(=O)O)c1ccccc1OC(C)=O. The molecule has 0 aliphatic heterocycles. The van der Waals surface area contributed by atoms with Crippen LogP contribution in [0.3, 0.4) is 0 Å². The smallest absolute Gasteiger partial charge is 0.311 e. The highest BCUT2D eigenvalue weighted by molar-refractivity contribution is 5.78. The third-order valence-corrected chi connectivity index (χ3v) is 2.94. The lowest BCUT2D eigenvalue weighted by molar-refractivity contribution is -0.139. The number of hydrogen-bond acceptors (Lipinski definition) is 3. The molecule has 1 atom stereocenters. The second kappa shape index (κ2) is 7.56. The molecule has 4 heteroatoms. The molecule has 104 valence electrons. The number of carboxylic acids is 1. The molecule has 0 saturated carbocycles. The lowest BCUT2D eigenvalue weighted by Gasteiger charge is -2.16. The molecule has 1 unspecified atom stereocenters. The number of hydrogen-bond donors (Lipinski definition) is 1. The molecule has 1 aromatic rings. The van der Waals surface area contributed by atoms with Gasteiger partial charge in [-0.1, -0.05) is 44.4 Å². The van der Waals surface area contributed by atoms with Crippen molar-refractivity contribution in [2.24, 2.45) is 0 Å². The Morgan fingerprint density at radius 1 is 1.26 bits per heavy atom. The van der Waals surface area contributed by atoms with E-state index in [0.29, 0.717) is 17.7 Å². The van der Waals surface area contributed by atoms with Crippen LogP contribution in [0.15, 0.2) is 24.3 Å². The first kappa shape index (κ1) is 15.2. The summed E-state index contributed by atoms with van der Waals surface area (Å²) in [6.07, 6.45) is 3.45.